The van der Waals surface area contributed by atoms with Crippen LogP contribution in [0.4, 0.5) is 17.1 Å². The standard InChI is InChI=1S/C44H28N2OS/c1-2-11-29(12-3-1)30-21-23-31(24-22-30)45(39-18-10-16-35-34-13-6-9-20-41(34)48-43(35)39)32-25-27-33(28-26-32)46-38-17-7-4-14-36(38)42-37-15-5-8-19-40(37)47-44(42)46/h1-28H. The highest BCUT2D eigenvalue weighted by molar-refractivity contribution is 7.26. The van der Waals surface area contributed by atoms with E-state index in [2.05, 4.69) is 167 Å². The Labute approximate surface area is 281 Å². The molecule has 0 aliphatic carbocycles. The number of anilines is 3. The highest BCUT2D eigenvalue weighted by Crippen LogP contribution is 2.45. The zero-order chi connectivity index (χ0) is 31.6. The number of rotatable bonds is 5. The summed E-state index contributed by atoms with van der Waals surface area (Å²) in [5, 5.41) is 6.06. The first-order valence-electron chi connectivity index (χ1n) is 16.2. The van der Waals surface area contributed by atoms with Gasteiger partial charge in [0.25, 0.3) is 0 Å². The van der Waals surface area contributed by atoms with E-state index in [1.807, 2.05) is 23.5 Å². The third-order valence-electron chi connectivity index (χ3n) is 9.42. The van der Waals surface area contributed by atoms with E-state index in [1.54, 1.807) is 0 Å². The Morgan fingerprint density at radius 1 is 0.479 bits per heavy atom. The molecule has 7 aromatic carbocycles. The van der Waals surface area contributed by atoms with Gasteiger partial charge in [0.15, 0.2) is 0 Å². The Morgan fingerprint density at radius 2 is 1.10 bits per heavy atom. The molecule has 4 heteroatoms. The molecule has 226 valence electrons. The Hall–Kier alpha value is -6.10. The van der Waals surface area contributed by atoms with E-state index in [4.69, 9.17) is 4.42 Å². The second kappa shape index (κ2) is 10.7. The number of hydrogen-bond acceptors (Lipinski definition) is 3. The average molecular weight is 633 g/mol. The molecule has 3 heterocycles. The fraction of sp³-hybridized carbons (Fsp3) is 0. The fourth-order valence-electron chi connectivity index (χ4n) is 7.22. The van der Waals surface area contributed by atoms with Crippen molar-refractivity contribution in [3.05, 3.63) is 170 Å². The van der Waals surface area contributed by atoms with E-state index < -0.39 is 0 Å². The number of aromatic nitrogens is 1. The molecule has 0 radical (unpaired) electrons. The number of fused-ring (bicyclic) bond motifs is 8. The summed E-state index contributed by atoms with van der Waals surface area (Å²) in [5.74, 6) is 0. The maximum atomic E-state index is 6.52. The summed E-state index contributed by atoms with van der Waals surface area (Å²) >= 11 is 1.85. The van der Waals surface area contributed by atoms with E-state index >= 15 is 0 Å². The normalized spacial score (nSPS) is 11.8. The van der Waals surface area contributed by atoms with Crippen LogP contribution in [0.3, 0.4) is 0 Å². The predicted octanol–water partition coefficient (Wildman–Crippen LogP) is 13.0. The summed E-state index contributed by atoms with van der Waals surface area (Å²) in [5.41, 5.74) is 9.74. The monoisotopic (exact) mass is 632 g/mol. The quantitative estimate of drug-likeness (QED) is 0.188. The molecule has 0 saturated carbocycles. The molecule has 0 amide bonds. The highest BCUT2D eigenvalue weighted by atomic mass is 32.1. The molecule has 0 N–H and O–H groups in total. The maximum Gasteiger partial charge on any atom is 0.213 e. The van der Waals surface area contributed by atoms with E-state index in [9.17, 15) is 0 Å². The van der Waals surface area contributed by atoms with Crippen LogP contribution in [-0.2, 0) is 0 Å². The van der Waals surface area contributed by atoms with Crippen LogP contribution in [0, 0.1) is 0 Å². The summed E-state index contributed by atoms with van der Waals surface area (Å²) in [6.07, 6.45) is 0. The van der Waals surface area contributed by atoms with Gasteiger partial charge >= 0.3 is 0 Å². The van der Waals surface area contributed by atoms with Gasteiger partial charge in [-0.1, -0.05) is 109 Å². The minimum Gasteiger partial charge on any atom is -0.439 e. The number of hydrogen-bond donors (Lipinski definition) is 0. The van der Waals surface area contributed by atoms with Crippen molar-refractivity contribution in [1.82, 2.24) is 4.57 Å². The smallest absolute Gasteiger partial charge is 0.213 e. The third-order valence-corrected chi connectivity index (χ3v) is 10.6. The molecule has 3 nitrogen and oxygen atoms in total. The van der Waals surface area contributed by atoms with E-state index in [0.29, 0.717) is 0 Å². The van der Waals surface area contributed by atoms with E-state index in [1.165, 1.54) is 42.4 Å². The Balaban J connectivity index is 1.15. The van der Waals surface area contributed by atoms with Crippen LogP contribution >= 0.6 is 11.3 Å². The van der Waals surface area contributed by atoms with Crippen LogP contribution in [0.5, 0.6) is 0 Å². The first kappa shape index (κ1) is 27.1. The van der Waals surface area contributed by atoms with Crippen molar-refractivity contribution in [2.75, 3.05) is 4.90 Å². The summed E-state index contributed by atoms with van der Waals surface area (Å²) < 4.78 is 11.3. The van der Waals surface area contributed by atoms with Gasteiger partial charge < -0.3 is 9.32 Å². The number of thiophene rings is 1. The Bertz CT molecular complexity index is 2770. The van der Waals surface area contributed by atoms with Crippen molar-refractivity contribution in [3.63, 3.8) is 0 Å². The largest absolute Gasteiger partial charge is 0.439 e. The van der Waals surface area contributed by atoms with Crippen molar-refractivity contribution in [2.45, 2.75) is 0 Å². The van der Waals surface area contributed by atoms with Crippen LogP contribution < -0.4 is 4.90 Å². The lowest BCUT2D eigenvalue weighted by Crippen LogP contribution is -2.10. The van der Waals surface area contributed by atoms with Gasteiger partial charge in [0.1, 0.15) is 5.58 Å². The minimum absolute atomic E-state index is 0.869. The molecular formula is C44H28N2OS. The third kappa shape index (κ3) is 4.13. The fourth-order valence-corrected chi connectivity index (χ4v) is 8.42. The molecule has 10 aromatic rings. The summed E-state index contributed by atoms with van der Waals surface area (Å²) in [4.78, 5) is 2.39. The minimum atomic E-state index is 0.869. The molecular weight excluding hydrogens is 605 g/mol. The van der Waals surface area contributed by atoms with Gasteiger partial charge in [-0.3, -0.25) is 4.57 Å². The lowest BCUT2D eigenvalue weighted by atomic mass is 10.0. The van der Waals surface area contributed by atoms with Crippen LogP contribution in [0.25, 0.3) is 70.0 Å². The van der Waals surface area contributed by atoms with Crippen molar-refractivity contribution in [3.8, 4) is 16.8 Å². The molecule has 0 unspecified atom stereocenters. The van der Waals surface area contributed by atoms with Gasteiger partial charge in [0.05, 0.1) is 21.3 Å². The first-order valence-corrected chi connectivity index (χ1v) is 17.0. The molecule has 0 atom stereocenters. The second-order valence-electron chi connectivity index (χ2n) is 12.1. The summed E-state index contributed by atoms with van der Waals surface area (Å²) in [6, 6.07) is 60.6. The zero-order valence-electron chi connectivity index (χ0n) is 25.9. The molecule has 0 fully saturated rings. The maximum absolute atomic E-state index is 6.52. The number of benzene rings is 7. The van der Waals surface area contributed by atoms with Crippen molar-refractivity contribution in [1.29, 1.82) is 0 Å². The molecule has 0 bridgehead atoms. The Kier molecular flexibility index (Phi) is 6.05. The lowest BCUT2D eigenvalue weighted by molar-refractivity contribution is 0.645. The van der Waals surface area contributed by atoms with Crippen molar-refractivity contribution < 1.29 is 4.42 Å². The van der Waals surface area contributed by atoms with Crippen molar-refractivity contribution in [2.24, 2.45) is 0 Å². The van der Waals surface area contributed by atoms with E-state index in [-0.39, 0.29) is 0 Å². The van der Waals surface area contributed by atoms with Gasteiger partial charge in [0, 0.05) is 43.3 Å². The van der Waals surface area contributed by atoms with Gasteiger partial charge in [-0.05, 0) is 71.8 Å². The first-order chi connectivity index (χ1) is 23.8. The molecule has 0 aliphatic heterocycles. The van der Waals surface area contributed by atoms with Gasteiger partial charge in [0.2, 0.25) is 5.71 Å². The Morgan fingerprint density at radius 3 is 1.92 bits per heavy atom. The number of nitrogens with zero attached hydrogens (tertiary/aromatic N) is 2. The van der Waals surface area contributed by atoms with Gasteiger partial charge in [-0.25, -0.2) is 0 Å². The SMILES string of the molecule is c1ccc(-c2ccc(N(c3ccc(-n4c5ccccc5c5c6ccccc6oc54)cc3)c3cccc4c3sc3ccccc34)cc2)cc1. The number of para-hydroxylation sites is 2. The second-order valence-corrected chi connectivity index (χ2v) is 13.2. The molecule has 0 saturated heterocycles. The predicted molar refractivity (Wildman–Crippen MR) is 204 cm³/mol. The van der Waals surface area contributed by atoms with E-state index in [0.717, 1.165) is 44.6 Å². The van der Waals surface area contributed by atoms with Crippen LogP contribution in [0.15, 0.2) is 174 Å². The zero-order valence-corrected chi connectivity index (χ0v) is 26.7. The molecule has 10 rings (SSSR count). The van der Waals surface area contributed by atoms with Crippen LogP contribution in [-0.4, -0.2) is 4.57 Å². The molecule has 3 aromatic heterocycles. The summed E-state index contributed by atoms with van der Waals surface area (Å²) in [6.45, 7) is 0. The lowest BCUT2D eigenvalue weighted by Gasteiger charge is -2.26. The van der Waals surface area contributed by atoms with Gasteiger partial charge in [-0.2, -0.15) is 0 Å². The number of furan rings is 1. The molecule has 48 heavy (non-hydrogen) atoms. The van der Waals surface area contributed by atoms with Crippen LogP contribution in [0.1, 0.15) is 0 Å². The average Bonchev–Trinajstić information content (AvgIpc) is 3.82. The van der Waals surface area contributed by atoms with Gasteiger partial charge in [-0.15, -0.1) is 11.3 Å². The van der Waals surface area contributed by atoms with Crippen molar-refractivity contribution >= 4 is 81.5 Å². The highest BCUT2D eigenvalue weighted by Gasteiger charge is 2.21. The van der Waals surface area contributed by atoms with Crippen LogP contribution in [0.2, 0.25) is 0 Å². The summed E-state index contributed by atoms with van der Waals surface area (Å²) in [7, 11) is 0. The topological polar surface area (TPSA) is 21.3 Å². The molecule has 0 aliphatic rings. The molecule has 0 spiro atoms.